The van der Waals surface area contributed by atoms with Crippen LogP contribution in [-0.4, -0.2) is 55.1 Å². The van der Waals surface area contributed by atoms with Gasteiger partial charge in [-0.2, -0.15) is 0 Å². The molecule has 0 fully saturated rings. The van der Waals surface area contributed by atoms with Crippen molar-refractivity contribution in [2.24, 2.45) is 5.73 Å². The fourth-order valence-corrected chi connectivity index (χ4v) is 3.31. The quantitative estimate of drug-likeness (QED) is 0.801. The summed E-state index contributed by atoms with van der Waals surface area (Å²) in [5.74, 6) is 0. The maximum absolute atomic E-state index is 6.15. The zero-order valence-electron chi connectivity index (χ0n) is 14.1. The monoisotopic (exact) mass is 311 g/mol. The molecule has 0 amide bonds. The lowest BCUT2D eigenvalue weighted by molar-refractivity contribution is 0.0613. The lowest BCUT2D eigenvalue weighted by Gasteiger charge is -2.45. The van der Waals surface area contributed by atoms with Gasteiger partial charge in [-0.05, 0) is 58.6 Å². The second-order valence-corrected chi connectivity index (χ2v) is 6.84. The van der Waals surface area contributed by atoms with Gasteiger partial charge in [0.1, 0.15) is 0 Å². The van der Waals surface area contributed by atoms with Crippen molar-refractivity contribution in [3.8, 4) is 0 Å². The highest BCUT2D eigenvalue weighted by atomic mass is 35.5. The Labute approximate surface area is 135 Å². The number of likely N-dealkylation sites (N-methyl/N-ethyl adjacent to an activating group) is 2. The van der Waals surface area contributed by atoms with E-state index in [4.69, 9.17) is 17.3 Å². The SMILES string of the molecule is CCN(C(C)CN(C)C)C(C)(CN)Cc1ccc(Cl)cc1. The van der Waals surface area contributed by atoms with Gasteiger partial charge in [0.15, 0.2) is 0 Å². The molecule has 0 aliphatic heterocycles. The molecule has 0 aliphatic carbocycles. The van der Waals surface area contributed by atoms with Crippen molar-refractivity contribution < 1.29 is 0 Å². The number of benzene rings is 1. The maximum Gasteiger partial charge on any atom is 0.0406 e. The Balaban J connectivity index is 2.91. The zero-order valence-corrected chi connectivity index (χ0v) is 14.8. The van der Waals surface area contributed by atoms with Crippen LogP contribution in [0.2, 0.25) is 5.02 Å². The maximum atomic E-state index is 6.15. The third-order valence-corrected chi connectivity index (χ3v) is 4.39. The first-order chi connectivity index (χ1) is 9.82. The van der Waals surface area contributed by atoms with Gasteiger partial charge in [0, 0.05) is 29.7 Å². The van der Waals surface area contributed by atoms with Gasteiger partial charge in [0.2, 0.25) is 0 Å². The van der Waals surface area contributed by atoms with Crippen LogP contribution in [0.15, 0.2) is 24.3 Å². The Morgan fingerprint density at radius 1 is 1.24 bits per heavy atom. The first-order valence-corrected chi connectivity index (χ1v) is 8.06. The molecule has 1 rings (SSSR count). The summed E-state index contributed by atoms with van der Waals surface area (Å²) >= 11 is 5.97. The van der Waals surface area contributed by atoms with Gasteiger partial charge in [0.25, 0.3) is 0 Å². The number of halogens is 1. The summed E-state index contributed by atoms with van der Waals surface area (Å²) in [6.07, 6.45) is 0.937. The van der Waals surface area contributed by atoms with E-state index in [1.54, 1.807) is 0 Å². The molecule has 3 nitrogen and oxygen atoms in total. The molecule has 4 heteroatoms. The highest BCUT2D eigenvalue weighted by molar-refractivity contribution is 6.30. The summed E-state index contributed by atoms with van der Waals surface area (Å²) in [6.45, 7) is 9.42. The summed E-state index contributed by atoms with van der Waals surface area (Å²) in [4.78, 5) is 4.74. The third kappa shape index (κ3) is 5.26. The van der Waals surface area contributed by atoms with E-state index >= 15 is 0 Å². The topological polar surface area (TPSA) is 32.5 Å². The van der Waals surface area contributed by atoms with Crippen LogP contribution in [0.5, 0.6) is 0 Å². The van der Waals surface area contributed by atoms with E-state index in [1.807, 2.05) is 12.1 Å². The molecule has 0 radical (unpaired) electrons. The minimum atomic E-state index is -0.0436. The number of rotatable bonds is 8. The minimum absolute atomic E-state index is 0.0436. The highest BCUT2D eigenvalue weighted by Crippen LogP contribution is 2.23. The van der Waals surface area contributed by atoms with Gasteiger partial charge in [-0.1, -0.05) is 30.7 Å². The Bertz CT molecular complexity index is 419. The lowest BCUT2D eigenvalue weighted by Crippen LogP contribution is -2.58. The van der Waals surface area contributed by atoms with Crippen molar-refractivity contribution in [3.63, 3.8) is 0 Å². The van der Waals surface area contributed by atoms with Crippen molar-refractivity contribution in [2.75, 3.05) is 33.7 Å². The highest BCUT2D eigenvalue weighted by Gasteiger charge is 2.33. The largest absolute Gasteiger partial charge is 0.329 e. The molecule has 0 bridgehead atoms. The van der Waals surface area contributed by atoms with Gasteiger partial charge < -0.3 is 10.6 Å². The third-order valence-electron chi connectivity index (χ3n) is 4.13. The minimum Gasteiger partial charge on any atom is -0.329 e. The van der Waals surface area contributed by atoms with Crippen LogP contribution in [0.1, 0.15) is 26.3 Å². The van der Waals surface area contributed by atoms with Crippen molar-refractivity contribution in [3.05, 3.63) is 34.9 Å². The van der Waals surface area contributed by atoms with Crippen LogP contribution in [0, 0.1) is 0 Å². The van der Waals surface area contributed by atoms with E-state index in [2.05, 4.69) is 56.8 Å². The second kappa shape index (κ2) is 8.14. The molecule has 0 saturated heterocycles. The molecular formula is C17H30ClN3. The number of hydrogen-bond donors (Lipinski definition) is 1. The van der Waals surface area contributed by atoms with Gasteiger partial charge in [-0.25, -0.2) is 0 Å². The predicted molar refractivity (Wildman–Crippen MR) is 93.0 cm³/mol. The van der Waals surface area contributed by atoms with Crippen molar-refractivity contribution in [2.45, 2.75) is 38.8 Å². The molecule has 1 aromatic rings. The molecule has 0 saturated carbocycles. The second-order valence-electron chi connectivity index (χ2n) is 6.40. The van der Waals surface area contributed by atoms with E-state index in [0.29, 0.717) is 12.6 Å². The molecule has 2 N–H and O–H groups in total. The molecule has 0 spiro atoms. The number of hydrogen-bond acceptors (Lipinski definition) is 3. The number of nitrogens with two attached hydrogens (primary N) is 1. The summed E-state index contributed by atoms with van der Waals surface area (Å²) in [6, 6.07) is 8.56. The van der Waals surface area contributed by atoms with Crippen molar-refractivity contribution >= 4 is 11.6 Å². The van der Waals surface area contributed by atoms with Crippen LogP contribution < -0.4 is 5.73 Å². The standard InChI is InChI=1S/C17H30ClN3/c1-6-21(14(2)12-20(4)5)17(3,13-19)11-15-7-9-16(18)10-8-15/h7-10,14H,6,11-13,19H2,1-5H3. The first-order valence-electron chi connectivity index (χ1n) is 7.68. The van der Waals surface area contributed by atoms with Gasteiger partial charge >= 0.3 is 0 Å². The molecule has 21 heavy (non-hydrogen) atoms. The molecule has 2 atom stereocenters. The van der Waals surface area contributed by atoms with Gasteiger partial charge in [-0.15, -0.1) is 0 Å². The van der Waals surface area contributed by atoms with Crippen LogP contribution in [0.4, 0.5) is 0 Å². The Morgan fingerprint density at radius 3 is 2.24 bits per heavy atom. The molecule has 0 aliphatic rings. The van der Waals surface area contributed by atoms with E-state index < -0.39 is 0 Å². The van der Waals surface area contributed by atoms with Gasteiger partial charge in [-0.3, -0.25) is 4.90 Å². The Morgan fingerprint density at radius 2 is 1.81 bits per heavy atom. The Kier molecular flexibility index (Phi) is 7.14. The van der Waals surface area contributed by atoms with Crippen LogP contribution in [0.3, 0.4) is 0 Å². The van der Waals surface area contributed by atoms with Crippen LogP contribution >= 0.6 is 11.6 Å². The van der Waals surface area contributed by atoms with Crippen molar-refractivity contribution in [1.29, 1.82) is 0 Å². The Hall–Kier alpha value is -0.610. The van der Waals surface area contributed by atoms with E-state index in [0.717, 1.165) is 24.5 Å². The summed E-state index contributed by atoms with van der Waals surface area (Å²) in [5, 5.41) is 0.779. The van der Waals surface area contributed by atoms with Crippen LogP contribution in [-0.2, 0) is 6.42 Å². The molecule has 0 heterocycles. The fraction of sp³-hybridized carbons (Fsp3) is 0.647. The molecule has 120 valence electrons. The lowest BCUT2D eigenvalue weighted by atomic mass is 9.89. The smallest absolute Gasteiger partial charge is 0.0406 e. The predicted octanol–water partition coefficient (Wildman–Crippen LogP) is 2.87. The molecule has 0 aromatic heterocycles. The fourth-order valence-electron chi connectivity index (χ4n) is 3.19. The molecule has 2 unspecified atom stereocenters. The zero-order chi connectivity index (χ0) is 16.0. The van der Waals surface area contributed by atoms with Crippen molar-refractivity contribution in [1.82, 2.24) is 9.80 Å². The molecular weight excluding hydrogens is 282 g/mol. The first kappa shape index (κ1) is 18.4. The average molecular weight is 312 g/mol. The van der Waals surface area contributed by atoms with E-state index in [-0.39, 0.29) is 5.54 Å². The summed E-state index contributed by atoms with van der Waals surface area (Å²) < 4.78 is 0. The summed E-state index contributed by atoms with van der Waals surface area (Å²) in [5.41, 5.74) is 7.39. The normalized spacial score (nSPS) is 16.2. The number of nitrogens with zero attached hydrogens (tertiary/aromatic N) is 2. The van der Waals surface area contributed by atoms with Crippen LogP contribution in [0.25, 0.3) is 0 Å². The van der Waals surface area contributed by atoms with Gasteiger partial charge in [0.05, 0.1) is 0 Å². The average Bonchev–Trinajstić information content (AvgIpc) is 2.41. The van der Waals surface area contributed by atoms with E-state index in [1.165, 1.54) is 5.56 Å². The molecule has 1 aromatic carbocycles. The van der Waals surface area contributed by atoms with E-state index in [9.17, 15) is 0 Å². The summed E-state index contributed by atoms with van der Waals surface area (Å²) in [7, 11) is 4.23.